The van der Waals surface area contributed by atoms with Crippen LogP contribution < -0.4 is 15.4 Å². The summed E-state index contributed by atoms with van der Waals surface area (Å²) in [4.78, 5) is 8.46. The summed E-state index contributed by atoms with van der Waals surface area (Å²) in [6.45, 7) is 5.88. The number of hydrogen-bond donors (Lipinski definition) is 2. The number of rotatable bonds is 8. The molecule has 1 atom stereocenters. The molecule has 1 aliphatic heterocycles. The summed E-state index contributed by atoms with van der Waals surface area (Å²) in [6, 6.07) is 10.4. The fourth-order valence-corrected chi connectivity index (χ4v) is 3.14. The van der Waals surface area contributed by atoms with E-state index in [1.807, 2.05) is 12.3 Å². The SMILES string of the molecule is CN=C(NCCc1cccnc1)NCc1ccc(C)cc1OCC1CCOC1. The smallest absolute Gasteiger partial charge is 0.191 e. The first-order chi connectivity index (χ1) is 13.7. The molecule has 150 valence electrons. The van der Waals surface area contributed by atoms with Crippen LogP contribution in [0.25, 0.3) is 0 Å². The van der Waals surface area contributed by atoms with Crippen molar-refractivity contribution in [2.24, 2.45) is 10.9 Å². The van der Waals surface area contributed by atoms with Gasteiger partial charge in [0.05, 0.1) is 13.2 Å². The summed E-state index contributed by atoms with van der Waals surface area (Å²) in [5.74, 6) is 2.20. The molecular weight excluding hydrogens is 352 g/mol. The third-order valence-electron chi connectivity index (χ3n) is 4.82. The van der Waals surface area contributed by atoms with Crippen LogP contribution in [0.1, 0.15) is 23.1 Å². The Kier molecular flexibility index (Phi) is 7.67. The van der Waals surface area contributed by atoms with E-state index in [0.29, 0.717) is 19.1 Å². The molecule has 0 amide bonds. The maximum Gasteiger partial charge on any atom is 0.191 e. The molecule has 6 nitrogen and oxygen atoms in total. The normalized spacial score (nSPS) is 16.8. The van der Waals surface area contributed by atoms with Crippen molar-refractivity contribution in [3.63, 3.8) is 0 Å². The van der Waals surface area contributed by atoms with Crippen molar-refractivity contribution in [1.82, 2.24) is 15.6 Å². The number of ether oxygens (including phenoxy) is 2. The molecule has 1 aliphatic rings. The van der Waals surface area contributed by atoms with Crippen LogP contribution in [0.5, 0.6) is 5.75 Å². The van der Waals surface area contributed by atoms with Crippen LogP contribution in [0.3, 0.4) is 0 Å². The molecular formula is C22H30N4O2. The highest BCUT2D eigenvalue weighted by Crippen LogP contribution is 2.22. The molecule has 1 aromatic heterocycles. The largest absolute Gasteiger partial charge is 0.493 e. The van der Waals surface area contributed by atoms with Crippen molar-refractivity contribution in [2.75, 3.05) is 33.4 Å². The quantitative estimate of drug-likeness (QED) is 0.543. The van der Waals surface area contributed by atoms with Gasteiger partial charge in [0.1, 0.15) is 5.75 Å². The van der Waals surface area contributed by atoms with E-state index >= 15 is 0 Å². The standard InChI is InChI=1S/C22H30N4O2/c1-17-5-6-20(21(12-17)28-16-19-8-11-27-15-19)14-26-22(23-2)25-10-7-18-4-3-9-24-13-18/h3-6,9,12-13,19H,7-8,10-11,14-16H2,1-2H3,(H2,23,25,26). The highest BCUT2D eigenvalue weighted by atomic mass is 16.5. The predicted molar refractivity (Wildman–Crippen MR) is 112 cm³/mol. The molecule has 2 N–H and O–H groups in total. The number of aliphatic imine (C=N–C) groups is 1. The Morgan fingerprint density at radius 3 is 3.00 bits per heavy atom. The first kappa shape index (κ1) is 20.1. The Bertz CT molecular complexity index is 758. The van der Waals surface area contributed by atoms with Crippen LogP contribution in [0, 0.1) is 12.8 Å². The maximum atomic E-state index is 6.12. The number of nitrogens with one attached hydrogen (secondary N) is 2. The van der Waals surface area contributed by atoms with Gasteiger partial charge in [-0.1, -0.05) is 18.2 Å². The Hall–Kier alpha value is -2.60. The number of guanidine groups is 1. The second kappa shape index (κ2) is 10.7. The van der Waals surface area contributed by atoms with Gasteiger partial charge in [0, 0.05) is 50.6 Å². The van der Waals surface area contributed by atoms with Gasteiger partial charge in [0.25, 0.3) is 0 Å². The van der Waals surface area contributed by atoms with Gasteiger partial charge in [0.2, 0.25) is 0 Å². The molecule has 28 heavy (non-hydrogen) atoms. The van der Waals surface area contributed by atoms with Crippen molar-refractivity contribution in [1.29, 1.82) is 0 Å². The molecule has 2 aromatic rings. The average Bonchev–Trinajstić information content (AvgIpc) is 3.24. The van der Waals surface area contributed by atoms with E-state index in [9.17, 15) is 0 Å². The van der Waals surface area contributed by atoms with Crippen LogP contribution in [-0.4, -0.2) is 44.4 Å². The number of benzene rings is 1. The molecule has 0 bridgehead atoms. The fraction of sp³-hybridized carbons (Fsp3) is 0.455. The van der Waals surface area contributed by atoms with Gasteiger partial charge in [-0.05, 0) is 43.0 Å². The maximum absolute atomic E-state index is 6.12. The predicted octanol–water partition coefficient (Wildman–Crippen LogP) is 2.71. The van der Waals surface area contributed by atoms with Gasteiger partial charge < -0.3 is 20.1 Å². The number of pyridine rings is 1. The van der Waals surface area contributed by atoms with E-state index in [4.69, 9.17) is 9.47 Å². The van der Waals surface area contributed by atoms with Crippen molar-refractivity contribution < 1.29 is 9.47 Å². The molecule has 2 heterocycles. The molecule has 1 unspecified atom stereocenters. The van der Waals surface area contributed by atoms with Crippen LogP contribution in [0.4, 0.5) is 0 Å². The lowest BCUT2D eigenvalue weighted by Crippen LogP contribution is -2.38. The van der Waals surface area contributed by atoms with Crippen LogP contribution >= 0.6 is 0 Å². The van der Waals surface area contributed by atoms with E-state index in [2.05, 4.69) is 51.8 Å². The minimum Gasteiger partial charge on any atom is -0.493 e. The minimum atomic E-state index is 0.489. The van der Waals surface area contributed by atoms with Crippen molar-refractivity contribution in [3.8, 4) is 5.75 Å². The fourth-order valence-electron chi connectivity index (χ4n) is 3.14. The lowest BCUT2D eigenvalue weighted by Gasteiger charge is -2.17. The highest BCUT2D eigenvalue weighted by molar-refractivity contribution is 5.79. The topological polar surface area (TPSA) is 67.8 Å². The Morgan fingerprint density at radius 1 is 1.32 bits per heavy atom. The van der Waals surface area contributed by atoms with Gasteiger partial charge in [-0.25, -0.2) is 0 Å². The van der Waals surface area contributed by atoms with E-state index in [-0.39, 0.29) is 0 Å². The van der Waals surface area contributed by atoms with Gasteiger partial charge in [-0.2, -0.15) is 0 Å². The molecule has 0 aliphatic carbocycles. The molecule has 0 radical (unpaired) electrons. The lowest BCUT2D eigenvalue weighted by molar-refractivity contribution is 0.166. The summed E-state index contributed by atoms with van der Waals surface area (Å²) in [5, 5.41) is 6.73. The van der Waals surface area contributed by atoms with Gasteiger partial charge >= 0.3 is 0 Å². The van der Waals surface area contributed by atoms with E-state index in [1.165, 1.54) is 11.1 Å². The molecule has 3 rings (SSSR count). The van der Waals surface area contributed by atoms with E-state index in [0.717, 1.165) is 49.9 Å². The van der Waals surface area contributed by atoms with E-state index in [1.54, 1.807) is 13.2 Å². The zero-order valence-corrected chi connectivity index (χ0v) is 16.8. The monoisotopic (exact) mass is 382 g/mol. The highest BCUT2D eigenvalue weighted by Gasteiger charge is 2.17. The molecule has 0 spiro atoms. The second-order valence-corrected chi connectivity index (χ2v) is 7.12. The third kappa shape index (κ3) is 6.23. The number of aromatic nitrogens is 1. The van der Waals surface area contributed by atoms with Crippen LogP contribution in [0.2, 0.25) is 0 Å². The summed E-state index contributed by atoms with van der Waals surface area (Å²) >= 11 is 0. The first-order valence-electron chi connectivity index (χ1n) is 9.88. The number of nitrogens with zero attached hydrogens (tertiary/aromatic N) is 2. The Morgan fingerprint density at radius 2 is 2.25 bits per heavy atom. The Labute approximate surface area is 167 Å². The van der Waals surface area contributed by atoms with Gasteiger partial charge in [0.15, 0.2) is 5.96 Å². The van der Waals surface area contributed by atoms with Gasteiger partial charge in [-0.15, -0.1) is 0 Å². The summed E-state index contributed by atoms with van der Waals surface area (Å²) in [6.07, 6.45) is 5.66. The Balaban J connectivity index is 1.50. The summed E-state index contributed by atoms with van der Waals surface area (Å²) in [5.41, 5.74) is 3.52. The molecule has 0 saturated carbocycles. The molecule has 1 aromatic carbocycles. The van der Waals surface area contributed by atoms with Crippen molar-refractivity contribution >= 4 is 5.96 Å². The third-order valence-corrected chi connectivity index (χ3v) is 4.82. The van der Waals surface area contributed by atoms with Crippen LogP contribution in [0.15, 0.2) is 47.7 Å². The van der Waals surface area contributed by atoms with Gasteiger partial charge in [-0.3, -0.25) is 9.98 Å². The average molecular weight is 383 g/mol. The summed E-state index contributed by atoms with van der Waals surface area (Å²) in [7, 11) is 1.78. The van der Waals surface area contributed by atoms with Crippen molar-refractivity contribution in [3.05, 3.63) is 59.4 Å². The molecule has 6 heteroatoms. The second-order valence-electron chi connectivity index (χ2n) is 7.12. The van der Waals surface area contributed by atoms with Crippen molar-refractivity contribution in [2.45, 2.75) is 26.3 Å². The minimum absolute atomic E-state index is 0.489. The molecule has 1 saturated heterocycles. The zero-order valence-electron chi connectivity index (χ0n) is 16.8. The summed E-state index contributed by atoms with van der Waals surface area (Å²) < 4.78 is 11.6. The number of aryl methyl sites for hydroxylation is 1. The zero-order chi connectivity index (χ0) is 19.6. The van der Waals surface area contributed by atoms with Crippen LogP contribution in [-0.2, 0) is 17.7 Å². The van der Waals surface area contributed by atoms with E-state index < -0.39 is 0 Å². The first-order valence-corrected chi connectivity index (χ1v) is 9.88. The molecule has 1 fully saturated rings. The number of hydrogen-bond acceptors (Lipinski definition) is 4. The lowest BCUT2D eigenvalue weighted by atomic mass is 10.1.